The topological polar surface area (TPSA) is 135 Å². The molecule has 1 aromatic heterocycles. The predicted molar refractivity (Wildman–Crippen MR) is 136 cm³/mol. The molecule has 3 heterocycles. The van der Waals surface area contributed by atoms with E-state index in [0.29, 0.717) is 12.8 Å². The molecule has 10 heteroatoms. The number of nitro groups is 1. The van der Waals surface area contributed by atoms with Crippen LogP contribution in [0.5, 0.6) is 0 Å². The number of carbonyl (C=O) groups excluding carboxylic acids is 2. The monoisotopic (exact) mass is 519 g/mol. The fourth-order valence-corrected chi connectivity index (χ4v) is 6.90. The Hall–Kier alpha value is -3.76. The summed E-state index contributed by atoms with van der Waals surface area (Å²) in [5, 5.41) is 23.1. The number of methoxy groups -OCH3 is 1. The van der Waals surface area contributed by atoms with Gasteiger partial charge < -0.3 is 19.6 Å². The van der Waals surface area contributed by atoms with Crippen LogP contribution in [-0.4, -0.2) is 64.3 Å². The van der Waals surface area contributed by atoms with Crippen molar-refractivity contribution >= 4 is 28.5 Å². The molecule has 0 amide bonds. The molecule has 2 fully saturated rings. The van der Waals surface area contributed by atoms with Crippen LogP contribution in [0.1, 0.15) is 40.5 Å². The van der Waals surface area contributed by atoms with Crippen LogP contribution >= 0.6 is 0 Å². The number of nitrogens with zero attached hydrogens (tertiary/aromatic N) is 2. The number of fused-ring (bicyclic) bond motifs is 6. The summed E-state index contributed by atoms with van der Waals surface area (Å²) in [6.45, 7) is 1.50. The van der Waals surface area contributed by atoms with Crippen molar-refractivity contribution in [2.75, 3.05) is 20.2 Å². The summed E-state index contributed by atoms with van der Waals surface area (Å²) in [6, 6.07) is 13.0. The van der Waals surface area contributed by atoms with Crippen LogP contribution in [0.25, 0.3) is 10.9 Å². The number of ether oxygens (including phenoxy) is 2. The Morgan fingerprint density at radius 3 is 2.63 bits per heavy atom. The summed E-state index contributed by atoms with van der Waals surface area (Å²) in [4.78, 5) is 42.9. The zero-order chi connectivity index (χ0) is 26.6. The lowest BCUT2D eigenvalue weighted by molar-refractivity contribution is -0.384. The fourth-order valence-electron chi connectivity index (χ4n) is 6.90. The number of aromatic amines is 1. The molecular formula is C28H29N3O7. The number of hydrogen-bond acceptors (Lipinski definition) is 8. The second-order valence-corrected chi connectivity index (χ2v) is 10.5. The van der Waals surface area contributed by atoms with Gasteiger partial charge in [-0.2, -0.15) is 0 Å². The van der Waals surface area contributed by atoms with Crippen molar-refractivity contribution in [1.82, 2.24) is 9.88 Å². The summed E-state index contributed by atoms with van der Waals surface area (Å²) >= 11 is 0. The van der Waals surface area contributed by atoms with Gasteiger partial charge in [0.15, 0.2) is 0 Å². The lowest BCUT2D eigenvalue weighted by Crippen LogP contribution is -2.61. The van der Waals surface area contributed by atoms with Crippen LogP contribution < -0.4 is 0 Å². The van der Waals surface area contributed by atoms with E-state index in [4.69, 9.17) is 9.47 Å². The van der Waals surface area contributed by atoms with Crippen LogP contribution in [0.4, 0.5) is 5.69 Å². The Morgan fingerprint density at radius 2 is 1.89 bits per heavy atom. The first kappa shape index (κ1) is 24.6. The van der Waals surface area contributed by atoms with Crippen molar-refractivity contribution in [2.24, 2.45) is 17.8 Å². The molecule has 198 valence electrons. The average molecular weight is 520 g/mol. The van der Waals surface area contributed by atoms with Crippen molar-refractivity contribution < 1.29 is 29.1 Å². The largest absolute Gasteiger partial charge is 0.469 e. The highest BCUT2D eigenvalue weighted by Gasteiger charge is 2.56. The summed E-state index contributed by atoms with van der Waals surface area (Å²) in [5.41, 5.74) is 3.18. The number of non-ortho nitro benzene ring substituents is 1. The molecule has 3 aromatic rings. The smallest absolute Gasteiger partial charge is 0.338 e. The van der Waals surface area contributed by atoms with Gasteiger partial charge in [0.2, 0.25) is 0 Å². The Labute approximate surface area is 218 Å². The second-order valence-electron chi connectivity index (χ2n) is 10.5. The Bertz CT molecular complexity index is 1400. The number of rotatable bonds is 4. The van der Waals surface area contributed by atoms with Crippen LogP contribution in [0, 0.1) is 27.9 Å². The van der Waals surface area contributed by atoms with Crippen molar-refractivity contribution in [3.63, 3.8) is 0 Å². The summed E-state index contributed by atoms with van der Waals surface area (Å²) in [5.74, 6) is -2.39. The van der Waals surface area contributed by atoms with E-state index >= 15 is 0 Å². The highest BCUT2D eigenvalue weighted by molar-refractivity contribution is 5.90. The van der Waals surface area contributed by atoms with Gasteiger partial charge in [-0.1, -0.05) is 18.2 Å². The minimum absolute atomic E-state index is 0.0272. The fraction of sp³-hybridized carbons (Fsp3) is 0.429. The maximum Gasteiger partial charge on any atom is 0.338 e. The first-order valence-corrected chi connectivity index (χ1v) is 12.9. The molecule has 3 aliphatic rings. The molecule has 1 saturated carbocycles. The third kappa shape index (κ3) is 3.95. The lowest BCUT2D eigenvalue weighted by atomic mass is 9.63. The van der Waals surface area contributed by atoms with E-state index in [0.717, 1.165) is 36.1 Å². The maximum absolute atomic E-state index is 13.5. The van der Waals surface area contributed by atoms with Crippen LogP contribution in [0.15, 0.2) is 48.5 Å². The van der Waals surface area contributed by atoms with Gasteiger partial charge in [0, 0.05) is 47.7 Å². The zero-order valence-electron chi connectivity index (χ0n) is 20.9. The number of aliphatic hydroxyl groups excluding tert-OH is 1. The molecular weight excluding hydrogens is 490 g/mol. The molecule has 2 aromatic carbocycles. The van der Waals surface area contributed by atoms with E-state index in [1.54, 1.807) is 0 Å². The Kier molecular flexibility index (Phi) is 6.16. The van der Waals surface area contributed by atoms with Gasteiger partial charge in [0.05, 0.1) is 35.7 Å². The first-order valence-electron chi connectivity index (χ1n) is 12.9. The predicted octanol–water partition coefficient (Wildman–Crippen LogP) is 3.39. The summed E-state index contributed by atoms with van der Waals surface area (Å²) in [6.07, 6.45) is 0.372. The molecule has 0 radical (unpaired) electrons. The van der Waals surface area contributed by atoms with Gasteiger partial charge in [-0.15, -0.1) is 0 Å². The molecule has 6 rings (SSSR count). The van der Waals surface area contributed by atoms with Gasteiger partial charge in [-0.05, 0) is 48.9 Å². The number of esters is 2. The van der Waals surface area contributed by atoms with Gasteiger partial charge in [0.1, 0.15) is 6.10 Å². The first-order chi connectivity index (χ1) is 18.4. The number of aliphatic hydroxyl groups is 1. The second kappa shape index (κ2) is 9.52. The minimum atomic E-state index is -0.901. The molecule has 0 bridgehead atoms. The molecule has 0 spiro atoms. The van der Waals surface area contributed by atoms with Gasteiger partial charge in [-0.25, -0.2) is 4.79 Å². The molecule has 6 atom stereocenters. The molecule has 1 aliphatic carbocycles. The quantitative estimate of drug-likeness (QED) is 0.304. The standard InChI is InChI=1S/C28H29N3O7/c1-37-28(34)23-21(32)11-8-16-14-30-13-12-19-18-4-2-3-5-20(18)29-24(19)25(30)26(22(16)23)38-27(33)15-6-9-17(10-7-15)31(35)36/h2-7,9-10,16,21-23,25-26,29,32H,8,11-14H2,1H3/t16-,21-,22-,23-,25+,26+/m0/s1. The van der Waals surface area contributed by atoms with E-state index in [1.807, 2.05) is 18.2 Å². The summed E-state index contributed by atoms with van der Waals surface area (Å²) < 4.78 is 11.4. The normalized spacial score (nSPS) is 28.6. The number of piperidine rings is 1. The highest BCUT2D eigenvalue weighted by Crippen LogP contribution is 2.51. The summed E-state index contributed by atoms with van der Waals surface area (Å²) in [7, 11) is 1.31. The van der Waals surface area contributed by atoms with E-state index in [1.165, 1.54) is 36.9 Å². The van der Waals surface area contributed by atoms with Crippen LogP contribution in [0.3, 0.4) is 0 Å². The third-order valence-electron chi connectivity index (χ3n) is 8.58. The van der Waals surface area contributed by atoms with Crippen molar-refractivity contribution in [3.05, 3.63) is 75.5 Å². The number of para-hydroxylation sites is 1. The van der Waals surface area contributed by atoms with E-state index < -0.39 is 40.9 Å². The number of H-pyrrole nitrogens is 1. The number of carbonyl (C=O) groups is 2. The van der Waals surface area contributed by atoms with Crippen molar-refractivity contribution in [1.29, 1.82) is 0 Å². The number of nitrogens with one attached hydrogen (secondary N) is 1. The Morgan fingerprint density at radius 1 is 1.13 bits per heavy atom. The lowest BCUT2D eigenvalue weighted by Gasteiger charge is -2.54. The third-order valence-corrected chi connectivity index (χ3v) is 8.58. The molecule has 10 nitrogen and oxygen atoms in total. The van der Waals surface area contributed by atoms with Crippen molar-refractivity contribution in [2.45, 2.75) is 37.5 Å². The number of benzene rings is 2. The number of aromatic nitrogens is 1. The SMILES string of the molecule is COC(=O)[C@@H]1[C@@H]2[C@@H](CC[C@@H]1O)CN1CCc3c([nH]c4ccccc34)[C@@H]1[C@@H]2OC(=O)c1ccc([N+](=O)[O-])cc1. The van der Waals surface area contributed by atoms with Crippen LogP contribution in [0.2, 0.25) is 0 Å². The average Bonchev–Trinajstić information content (AvgIpc) is 3.31. The number of hydrogen-bond donors (Lipinski definition) is 2. The maximum atomic E-state index is 13.5. The zero-order valence-corrected chi connectivity index (χ0v) is 20.9. The molecule has 1 saturated heterocycles. The Balaban J connectivity index is 1.44. The van der Waals surface area contributed by atoms with Crippen LogP contribution in [-0.2, 0) is 20.7 Å². The molecule has 2 aliphatic heterocycles. The number of nitro benzene ring substituents is 1. The highest BCUT2D eigenvalue weighted by atomic mass is 16.6. The molecule has 2 N–H and O–H groups in total. The van der Waals surface area contributed by atoms with Gasteiger partial charge in [-0.3, -0.25) is 19.8 Å². The molecule has 0 unspecified atom stereocenters. The minimum Gasteiger partial charge on any atom is -0.469 e. The van der Waals surface area contributed by atoms with E-state index in [-0.39, 0.29) is 23.2 Å². The van der Waals surface area contributed by atoms with E-state index in [2.05, 4.69) is 16.0 Å². The molecule has 38 heavy (non-hydrogen) atoms. The van der Waals surface area contributed by atoms with Crippen molar-refractivity contribution in [3.8, 4) is 0 Å². The van der Waals surface area contributed by atoms with E-state index in [9.17, 15) is 24.8 Å². The van der Waals surface area contributed by atoms with Gasteiger partial charge >= 0.3 is 11.9 Å². The van der Waals surface area contributed by atoms with Gasteiger partial charge in [0.25, 0.3) is 5.69 Å².